The van der Waals surface area contributed by atoms with Gasteiger partial charge in [-0.25, -0.2) is 0 Å². The van der Waals surface area contributed by atoms with Crippen LogP contribution in [0.3, 0.4) is 0 Å². The van der Waals surface area contributed by atoms with Crippen LogP contribution in [0, 0.1) is 11.3 Å². The Balaban J connectivity index is 1.79. The number of nitriles is 1. The lowest BCUT2D eigenvalue weighted by Crippen LogP contribution is -2.04. The Bertz CT molecular complexity index is 599. The van der Waals surface area contributed by atoms with Gasteiger partial charge in [-0.15, -0.1) is 0 Å². The molecule has 0 N–H and O–H groups in total. The van der Waals surface area contributed by atoms with E-state index in [1.165, 1.54) is 37.7 Å². The van der Waals surface area contributed by atoms with Crippen LogP contribution in [0.1, 0.15) is 49.1 Å². The van der Waals surface area contributed by atoms with Gasteiger partial charge in [0.25, 0.3) is 0 Å². The lowest BCUT2D eigenvalue weighted by Gasteiger charge is -2.22. The Hall–Kier alpha value is -2.14. The Morgan fingerprint density at radius 1 is 0.950 bits per heavy atom. The number of aromatic nitrogens is 1. The van der Waals surface area contributed by atoms with Crippen LogP contribution in [-0.4, -0.2) is 4.98 Å². The summed E-state index contributed by atoms with van der Waals surface area (Å²) in [6.45, 7) is 0. The topological polar surface area (TPSA) is 36.7 Å². The number of rotatable bonds is 2. The molecule has 1 aliphatic rings. The highest BCUT2D eigenvalue weighted by molar-refractivity contribution is 5.60. The molecule has 1 heterocycles. The van der Waals surface area contributed by atoms with Gasteiger partial charge in [-0.05, 0) is 36.5 Å². The third-order valence-electron chi connectivity index (χ3n) is 4.18. The molecule has 0 saturated heterocycles. The van der Waals surface area contributed by atoms with Crippen LogP contribution in [0.25, 0.3) is 11.3 Å². The largest absolute Gasteiger partial charge is 0.255 e. The maximum absolute atomic E-state index is 8.79. The molecule has 0 amide bonds. The van der Waals surface area contributed by atoms with Crippen molar-refractivity contribution in [2.24, 2.45) is 0 Å². The lowest BCUT2D eigenvalue weighted by atomic mass is 9.84. The summed E-state index contributed by atoms with van der Waals surface area (Å²) in [6.07, 6.45) is 8.41. The molecule has 0 radical (unpaired) electrons. The van der Waals surface area contributed by atoms with Crippen molar-refractivity contribution in [1.29, 1.82) is 5.26 Å². The second kappa shape index (κ2) is 5.88. The molecule has 0 atom stereocenters. The minimum atomic E-state index is 0.604. The van der Waals surface area contributed by atoms with E-state index in [4.69, 9.17) is 5.26 Å². The van der Waals surface area contributed by atoms with Crippen molar-refractivity contribution < 1.29 is 0 Å². The summed E-state index contributed by atoms with van der Waals surface area (Å²) < 4.78 is 0. The zero-order chi connectivity index (χ0) is 13.8. The Labute approximate surface area is 120 Å². The van der Waals surface area contributed by atoms with Gasteiger partial charge in [0, 0.05) is 11.8 Å². The molecule has 2 nitrogen and oxygen atoms in total. The minimum Gasteiger partial charge on any atom is -0.255 e. The zero-order valence-electron chi connectivity index (χ0n) is 11.5. The monoisotopic (exact) mass is 262 g/mol. The van der Waals surface area contributed by atoms with Crippen molar-refractivity contribution in [3.05, 3.63) is 53.7 Å². The van der Waals surface area contributed by atoms with Gasteiger partial charge in [0.2, 0.25) is 0 Å². The highest BCUT2D eigenvalue weighted by Gasteiger charge is 2.15. The summed E-state index contributed by atoms with van der Waals surface area (Å²) in [6, 6.07) is 14.6. The molecular formula is C18H18N2. The molecule has 0 bridgehead atoms. The van der Waals surface area contributed by atoms with Gasteiger partial charge in [0.15, 0.2) is 0 Å². The number of hydrogen-bond acceptors (Lipinski definition) is 2. The summed E-state index contributed by atoms with van der Waals surface area (Å²) in [4.78, 5) is 4.34. The Kier molecular flexibility index (Phi) is 3.78. The first kappa shape index (κ1) is 12.9. The van der Waals surface area contributed by atoms with Gasteiger partial charge in [0.1, 0.15) is 6.07 Å². The average molecular weight is 262 g/mol. The second-order valence-corrected chi connectivity index (χ2v) is 5.50. The van der Waals surface area contributed by atoms with Gasteiger partial charge >= 0.3 is 0 Å². The summed E-state index contributed by atoms with van der Waals surface area (Å²) in [5.41, 5.74) is 4.11. The molecule has 0 spiro atoms. The summed E-state index contributed by atoms with van der Waals surface area (Å²) in [5, 5.41) is 8.79. The van der Waals surface area contributed by atoms with Gasteiger partial charge in [-0.1, -0.05) is 43.5 Å². The van der Waals surface area contributed by atoms with E-state index in [0.29, 0.717) is 5.56 Å². The molecule has 1 aliphatic carbocycles. The van der Waals surface area contributed by atoms with Crippen molar-refractivity contribution in [2.45, 2.75) is 38.0 Å². The van der Waals surface area contributed by atoms with Gasteiger partial charge in [-0.3, -0.25) is 4.98 Å². The molecule has 0 unspecified atom stereocenters. The first-order chi connectivity index (χ1) is 9.86. The fourth-order valence-corrected chi connectivity index (χ4v) is 2.99. The quantitative estimate of drug-likeness (QED) is 0.788. The number of nitrogens with zero attached hydrogens (tertiary/aromatic N) is 2. The third-order valence-corrected chi connectivity index (χ3v) is 4.18. The van der Waals surface area contributed by atoms with Crippen LogP contribution >= 0.6 is 0 Å². The fourth-order valence-electron chi connectivity index (χ4n) is 2.99. The molecule has 1 fully saturated rings. The van der Waals surface area contributed by atoms with Crippen molar-refractivity contribution in [2.75, 3.05) is 0 Å². The molecule has 20 heavy (non-hydrogen) atoms. The van der Waals surface area contributed by atoms with Crippen LogP contribution in [0.4, 0.5) is 0 Å². The van der Waals surface area contributed by atoms with E-state index in [1.54, 1.807) is 6.20 Å². The normalized spacial score (nSPS) is 15.8. The molecule has 100 valence electrons. The molecule has 2 aromatic rings. The standard InChI is InChI=1S/C18H18N2/c19-12-14-6-11-18(20-13-14)17-9-7-16(8-10-17)15-4-2-1-3-5-15/h6-11,13,15H,1-5H2. The van der Waals surface area contributed by atoms with Crippen LogP contribution in [-0.2, 0) is 0 Å². The first-order valence-corrected chi connectivity index (χ1v) is 7.33. The lowest BCUT2D eigenvalue weighted by molar-refractivity contribution is 0.443. The van der Waals surface area contributed by atoms with Gasteiger partial charge < -0.3 is 0 Å². The van der Waals surface area contributed by atoms with Crippen molar-refractivity contribution in [3.63, 3.8) is 0 Å². The molecule has 2 heteroatoms. The maximum Gasteiger partial charge on any atom is 0.101 e. The average Bonchev–Trinajstić information content (AvgIpc) is 2.56. The van der Waals surface area contributed by atoms with Crippen LogP contribution < -0.4 is 0 Å². The molecule has 1 saturated carbocycles. The Morgan fingerprint density at radius 2 is 1.70 bits per heavy atom. The fraction of sp³-hybridized carbons (Fsp3) is 0.333. The number of hydrogen-bond donors (Lipinski definition) is 0. The predicted octanol–water partition coefficient (Wildman–Crippen LogP) is 4.67. The highest BCUT2D eigenvalue weighted by Crippen LogP contribution is 2.33. The van der Waals surface area contributed by atoms with Crippen molar-refractivity contribution in [3.8, 4) is 17.3 Å². The molecule has 1 aromatic carbocycles. The summed E-state index contributed by atoms with van der Waals surface area (Å²) in [7, 11) is 0. The zero-order valence-corrected chi connectivity index (χ0v) is 11.5. The van der Waals surface area contributed by atoms with E-state index < -0.39 is 0 Å². The predicted molar refractivity (Wildman–Crippen MR) is 80.2 cm³/mol. The van der Waals surface area contributed by atoms with E-state index in [2.05, 4.69) is 35.3 Å². The maximum atomic E-state index is 8.79. The molecule has 1 aromatic heterocycles. The van der Waals surface area contributed by atoms with E-state index in [1.807, 2.05) is 12.1 Å². The van der Waals surface area contributed by atoms with Crippen molar-refractivity contribution in [1.82, 2.24) is 4.98 Å². The summed E-state index contributed by atoms with van der Waals surface area (Å²) in [5.74, 6) is 0.742. The van der Waals surface area contributed by atoms with E-state index in [-0.39, 0.29) is 0 Å². The van der Waals surface area contributed by atoms with Gasteiger partial charge in [-0.2, -0.15) is 5.26 Å². The van der Waals surface area contributed by atoms with Crippen LogP contribution in [0.2, 0.25) is 0 Å². The van der Waals surface area contributed by atoms with E-state index in [0.717, 1.165) is 17.2 Å². The highest BCUT2D eigenvalue weighted by atomic mass is 14.7. The van der Waals surface area contributed by atoms with E-state index >= 15 is 0 Å². The van der Waals surface area contributed by atoms with Crippen LogP contribution in [0.15, 0.2) is 42.6 Å². The first-order valence-electron chi connectivity index (χ1n) is 7.33. The number of benzene rings is 1. The summed E-state index contributed by atoms with van der Waals surface area (Å²) >= 11 is 0. The van der Waals surface area contributed by atoms with Crippen molar-refractivity contribution >= 4 is 0 Å². The number of pyridine rings is 1. The van der Waals surface area contributed by atoms with Gasteiger partial charge in [0.05, 0.1) is 11.3 Å². The van der Waals surface area contributed by atoms with Crippen LogP contribution in [0.5, 0.6) is 0 Å². The minimum absolute atomic E-state index is 0.604. The smallest absolute Gasteiger partial charge is 0.101 e. The second-order valence-electron chi connectivity index (χ2n) is 5.50. The third kappa shape index (κ3) is 2.72. The Morgan fingerprint density at radius 3 is 2.30 bits per heavy atom. The SMILES string of the molecule is N#Cc1ccc(-c2ccc(C3CCCCC3)cc2)nc1. The molecular weight excluding hydrogens is 244 g/mol. The van der Waals surface area contributed by atoms with E-state index in [9.17, 15) is 0 Å². The molecule has 3 rings (SSSR count). The molecule has 0 aliphatic heterocycles.